The van der Waals surface area contributed by atoms with Gasteiger partial charge in [-0.2, -0.15) is 0 Å². The molecule has 2 heteroatoms. The molecule has 3 aliphatic rings. The van der Waals surface area contributed by atoms with Crippen LogP contribution in [0, 0.1) is 0 Å². The summed E-state index contributed by atoms with van der Waals surface area (Å²) in [6, 6.07) is 5.27. The molecule has 0 radical (unpaired) electrons. The molecule has 0 amide bonds. The van der Waals surface area contributed by atoms with E-state index in [4.69, 9.17) is 11.6 Å². The lowest BCUT2D eigenvalue weighted by molar-refractivity contribution is 0.293. The van der Waals surface area contributed by atoms with Crippen LogP contribution in [-0.4, -0.2) is 10.9 Å². The van der Waals surface area contributed by atoms with E-state index in [0.29, 0.717) is 12.0 Å². The Morgan fingerprint density at radius 3 is 2.66 bits per heavy atom. The van der Waals surface area contributed by atoms with Crippen molar-refractivity contribution in [1.82, 2.24) is 4.90 Å². The lowest BCUT2D eigenvalue weighted by Gasteiger charge is -2.45. The van der Waals surface area contributed by atoms with E-state index in [1.54, 1.807) is 0 Å². The van der Waals surface area contributed by atoms with Crippen molar-refractivity contribution in [3.8, 4) is 0 Å². The lowest BCUT2D eigenvalue weighted by atomic mass is 9.76. The van der Waals surface area contributed by atoms with Gasteiger partial charge in [-0.3, -0.25) is 0 Å². The van der Waals surface area contributed by atoms with Gasteiger partial charge in [0.15, 0.2) is 0 Å². The molecular formula is C30H40ClN. The Hall–Kier alpha value is -1.73. The van der Waals surface area contributed by atoms with Gasteiger partial charge in [0.1, 0.15) is 0 Å². The Bertz CT molecular complexity index is 934. The summed E-state index contributed by atoms with van der Waals surface area (Å²) in [6.45, 7) is 13.3. The van der Waals surface area contributed by atoms with Gasteiger partial charge in [-0.15, -0.1) is 0 Å². The fourth-order valence-electron chi connectivity index (χ4n) is 5.94. The SMILES string of the molecule is C=C1C=C2c3cc(Cl)c(CCCCCC)cc3C3CCCCCC3N2C=C1C(=C)CCC. The zero-order valence-electron chi connectivity index (χ0n) is 20.2. The molecule has 2 unspecified atom stereocenters. The standard InChI is InChI=1S/C30H40ClN/c1-5-7-8-10-14-23-18-25-24-15-11-9-12-16-29(24)32-20-27(21(3)13-6-2)22(4)17-30(32)26(25)19-28(23)31/h17-20,24,29H,3-16H2,1-2H3. The zero-order chi connectivity index (χ0) is 22.7. The van der Waals surface area contributed by atoms with Crippen LogP contribution in [0.1, 0.15) is 107 Å². The molecule has 0 aromatic heterocycles. The Kier molecular flexibility index (Phi) is 7.66. The van der Waals surface area contributed by atoms with Crippen molar-refractivity contribution in [2.75, 3.05) is 0 Å². The van der Waals surface area contributed by atoms with E-state index in [2.05, 4.69) is 56.3 Å². The van der Waals surface area contributed by atoms with Gasteiger partial charge in [0, 0.05) is 34.4 Å². The highest BCUT2D eigenvalue weighted by molar-refractivity contribution is 6.31. The van der Waals surface area contributed by atoms with Crippen molar-refractivity contribution in [2.45, 2.75) is 103 Å². The molecule has 1 fully saturated rings. The van der Waals surface area contributed by atoms with Crippen LogP contribution in [0.25, 0.3) is 5.70 Å². The van der Waals surface area contributed by atoms with E-state index in [0.717, 1.165) is 29.9 Å². The van der Waals surface area contributed by atoms with Gasteiger partial charge in [0.2, 0.25) is 0 Å². The molecule has 32 heavy (non-hydrogen) atoms. The fraction of sp³-hybridized carbons (Fsp3) is 0.533. The van der Waals surface area contributed by atoms with Gasteiger partial charge in [-0.1, -0.05) is 89.6 Å². The molecule has 4 rings (SSSR count). The molecule has 1 nitrogen and oxygen atoms in total. The molecule has 172 valence electrons. The minimum absolute atomic E-state index is 0.530. The van der Waals surface area contributed by atoms with E-state index >= 15 is 0 Å². The first-order valence-corrected chi connectivity index (χ1v) is 13.3. The number of aryl methyl sites for hydroxylation is 1. The summed E-state index contributed by atoms with van der Waals surface area (Å²) < 4.78 is 0. The maximum Gasteiger partial charge on any atom is 0.0492 e. The Balaban J connectivity index is 1.74. The average Bonchev–Trinajstić information content (AvgIpc) is 3.03. The molecule has 1 saturated carbocycles. The maximum absolute atomic E-state index is 6.87. The van der Waals surface area contributed by atoms with Crippen molar-refractivity contribution in [3.05, 3.63) is 76.0 Å². The number of fused-ring (bicyclic) bond motifs is 6. The first-order chi connectivity index (χ1) is 15.5. The summed E-state index contributed by atoms with van der Waals surface area (Å²) in [6.07, 6.45) is 19.5. The average molecular weight is 450 g/mol. The molecule has 0 N–H and O–H groups in total. The quantitative estimate of drug-likeness (QED) is 0.357. The highest BCUT2D eigenvalue weighted by Gasteiger charge is 2.39. The van der Waals surface area contributed by atoms with Crippen LogP contribution in [0.15, 0.2) is 54.3 Å². The van der Waals surface area contributed by atoms with Crippen LogP contribution in [-0.2, 0) is 6.42 Å². The first-order valence-electron chi connectivity index (χ1n) is 13.0. The summed E-state index contributed by atoms with van der Waals surface area (Å²) in [4.78, 5) is 2.57. The van der Waals surface area contributed by atoms with Gasteiger partial charge in [0.25, 0.3) is 0 Å². The number of hydrogen-bond acceptors (Lipinski definition) is 1. The van der Waals surface area contributed by atoms with Crippen molar-refractivity contribution in [1.29, 1.82) is 0 Å². The topological polar surface area (TPSA) is 3.24 Å². The first kappa shape index (κ1) is 23.4. The normalized spacial score (nSPS) is 22.3. The van der Waals surface area contributed by atoms with Crippen LogP contribution in [0.5, 0.6) is 0 Å². The molecule has 1 aliphatic carbocycles. The summed E-state index contributed by atoms with van der Waals surface area (Å²) >= 11 is 6.87. The predicted octanol–water partition coefficient (Wildman–Crippen LogP) is 9.35. The third-order valence-electron chi connectivity index (χ3n) is 7.67. The Labute approximate surface area is 200 Å². The maximum atomic E-state index is 6.87. The van der Waals surface area contributed by atoms with Gasteiger partial charge in [-0.25, -0.2) is 0 Å². The van der Waals surface area contributed by atoms with Crippen LogP contribution in [0.4, 0.5) is 0 Å². The van der Waals surface area contributed by atoms with Crippen LogP contribution < -0.4 is 0 Å². The van der Waals surface area contributed by atoms with Gasteiger partial charge in [0.05, 0.1) is 0 Å². The summed E-state index contributed by atoms with van der Waals surface area (Å²) in [5.41, 5.74) is 9.04. The fourth-order valence-corrected chi connectivity index (χ4v) is 6.20. The zero-order valence-corrected chi connectivity index (χ0v) is 20.9. The van der Waals surface area contributed by atoms with Gasteiger partial charge in [-0.05, 0) is 72.1 Å². The third-order valence-corrected chi connectivity index (χ3v) is 8.02. The number of allylic oxidation sites excluding steroid dienone is 4. The Morgan fingerprint density at radius 2 is 1.88 bits per heavy atom. The molecule has 1 aromatic carbocycles. The highest BCUT2D eigenvalue weighted by atomic mass is 35.5. The second kappa shape index (κ2) is 10.5. The van der Waals surface area contributed by atoms with E-state index < -0.39 is 0 Å². The van der Waals surface area contributed by atoms with Gasteiger partial charge >= 0.3 is 0 Å². The molecule has 1 aromatic rings. The lowest BCUT2D eigenvalue weighted by Crippen LogP contribution is -2.40. The van der Waals surface area contributed by atoms with Crippen molar-refractivity contribution in [3.63, 3.8) is 0 Å². The second-order valence-electron chi connectivity index (χ2n) is 10.0. The summed E-state index contributed by atoms with van der Waals surface area (Å²) in [5.74, 6) is 0.583. The summed E-state index contributed by atoms with van der Waals surface area (Å²) in [5, 5.41) is 0.934. The molecule has 2 atom stereocenters. The van der Waals surface area contributed by atoms with Crippen molar-refractivity contribution >= 4 is 17.3 Å². The number of halogens is 1. The molecule has 0 saturated heterocycles. The molecule has 2 aliphatic heterocycles. The number of rotatable bonds is 8. The monoisotopic (exact) mass is 449 g/mol. The number of nitrogens with zero attached hydrogens (tertiary/aromatic N) is 1. The Morgan fingerprint density at radius 1 is 1.06 bits per heavy atom. The van der Waals surface area contributed by atoms with E-state index in [-0.39, 0.29) is 0 Å². The predicted molar refractivity (Wildman–Crippen MR) is 140 cm³/mol. The van der Waals surface area contributed by atoms with Crippen LogP contribution in [0.3, 0.4) is 0 Å². The largest absolute Gasteiger partial charge is 0.343 e. The van der Waals surface area contributed by atoms with Crippen molar-refractivity contribution in [2.24, 2.45) is 0 Å². The van der Waals surface area contributed by atoms with E-state index in [1.807, 2.05) is 0 Å². The molecule has 2 heterocycles. The third kappa shape index (κ3) is 4.65. The van der Waals surface area contributed by atoms with Gasteiger partial charge < -0.3 is 4.90 Å². The van der Waals surface area contributed by atoms with Crippen LogP contribution >= 0.6 is 11.6 Å². The second-order valence-corrected chi connectivity index (χ2v) is 10.4. The van der Waals surface area contributed by atoms with E-state index in [1.165, 1.54) is 91.3 Å². The number of benzene rings is 1. The van der Waals surface area contributed by atoms with Crippen LogP contribution in [0.2, 0.25) is 5.02 Å². The van der Waals surface area contributed by atoms with Crippen molar-refractivity contribution < 1.29 is 0 Å². The minimum Gasteiger partial charge on any atom is -0.343 e. The molecular weight excluding hydrogens is 410 g/mol. The molecule has 0 spiro atoms. The smallest absolute Gasteiger partial charge is 0.0492 e. The minimum atomic E-state index is 0.530. The van der Waals surface area contributed by atoms with E-state index in [9.17, 15) is 0 Å². The highest BCUT2D eigenvalue weighted by Crippen LogP contribution is 2.49. The molecule has 0 bridgehead atoms. The number of hydrogen-bond donors (Lipinski definition) is 0. The number of unbranched alkanes of at least 4 members (excludes halogenated alkanes) is 3. The summed E-state index contributed by atoms with van der Waals surface area (Å²) in [7, 11) is 0.